The molecule has 2 rings (SSSR count). The Morgan fingerprint density at radius 3 is 2.41 bits per heavy atom. The van der Waals surface area contributed by atoms with Crippen LogP contribution in [-0.2, 0) is 0 Å². The van der Waals surface area contributed by atoms with Gasteiger partial charge in [0.25, 0.3) is 0 Å². The van der Waals surface area contributed by atoms with Crippen LogP contribution in [-0.4, -0.2) is 13.4 Å². The van der Waals surface area contributed by atoms with Gasteiger partial charge in [-0.25, -0.2) is 0 Å². The molecule has 0 bridgehead atoms. The van der Waals surface area contributed by atoms with Crippen molar-refractivity contribution in [2.24, 2.45) is 0 Å². The van der Waals surface area contributed by atoms with Crippen molar-refractivity contribution in [2.75, 3.05) is 7.11 Å². The minimum atomic E-state index is 0.153. The van der Waals surface area contributed by atoms with E-state index < -0.39 is 0 Å². The van der Waals surface area contributed by atoms with Gasteiger partial charge in [0.15, 0.2) is 0 Å². The summed E-state index contributed by atoms with van der Waals surface area (Å²) in [6, 6.07) is 13.6. The molecule has 0 aliphatic rings. The quantitative estimate of drug-likeness (QED) is 0.613. The van der Waals surface area contributed by atoms with Crippen molar-refractivity contribution in [3.63, 3.8) is 0 Å². The van der Waals surface area contributed by atoms with Gasteiger partial charge in [-0.2, -0.15) is 0 Å². The zero-order valence-electron chi connectivity index (χ0n) is 13.6. The first-order chi connectivity index (χ1) is 10.5. The van der Waals surface area contributed by atoms with Crippen LogP contribution in [0.25, 0.3) is 0 Å². The molecule has 0 radical (unpaired) electrons. The largest absolute Gasteiger partial charge is 0.497 e. The number of aryl methyl sites for hydroxylation is 1. The standard InChI is InChI=1S/C11H12O.C9H10O/c1-4-9(2)10-6-5-7-11(8-10)12-3;1-7-4-3-5-9(6-10)8(7)2/h1,5-9H,2-3H3;3-6H,1-2H3. The third kappa shape index (κ3) is 4.79. The van der Waals surface area contributed by atoms with Gasteiger partial charge in [0.2, 0.25) is 0 Å². The second-order valence-electron chi connectivity index (χ2n) is 5.07. The molecule has 1 unspecified atom stereocenters. The first kappa shape index (κ1) is 17.5. The average Bonchev–Trinajstić information content (AvgIpc) is 2.57. The fourth-order valence-corrected chi connectivity index (χ4v) is 1.91. The first-order valence-electron chi connectivity index (χ1n) is 7.15. The minimum Gasteiger partial charge on any atom is -0.497 e. The molecule has 2 heteroatoms. The summed E-state index contributed by atoms with van der Waals surface area (Å²) < 4.78 is 5.08. The maximum atomic E-state index is 10.4. The van der Waals surface area contributed by atoms with Crippen molar-refractivity contribution < 1.29 is 9.53 Å². The van der Waals surface area contributed by atoms with Gasteiger partial charge in [-0.05, 0) is 49.6 Å². The van der Waals surface area contributed by atoms with Gasteiger partial charge >= 0.3 is 0 Å². The Bertz CT molecular complexity index is 666. The van der Waals surface area contributed by atoms with Gasteiger partial charge in [0, 0.05) is 11.5 Å². The lowest BCUT2D eigenvalue weighted by Gasteiger charge is -2.05. The maximum Gasteiger partial charge on any atom is 0.150 e. The molecule has 0 spiro atoms. The Morgan fingerprint density at radius 1 is 1.18 bits per heavy atom. The summed E-state index contributed by atoms with van der Waals surface area (Å²) in [5, 5.41) is 0. The van der Waals surface area contributed by atoms with E-state index in [9.17, 15) is 4.79 Å². The molecule has 0 aliphatic heterocycles. The fourth-order valence-electron chi connectivity index (χ4n) is 1.91. The summed E-state index contributed by atoms with van der Waals surface area (Å²) in [5.74, 6) is 3.69. The van der Waals surface area contributed by atoms with Crippen molar-refractivity contribution in [3.8, 4) is 18.1 Å². The van der Waals surface area contributed by atoms with E-state index in [4.69, 9.17) is 11.2 Å². The number of methoxy groups -OCH3 is 1. The molecule has 0 fully saturated rings. The molecule has 22 heavy (non-hydrogen) atoms. The lowest BCUT2D eigenvalue weighted by molar-refractivity contribution is 0.112. The van der Waals surface area contributed by atoms with Crippen LogP contribution in [0, 0.1) is 26.2 Å². The lowest BCUT2D eigenvalue weighted by atomic mass is 10.0. The van der Waals surface area contributed by atoms with Gasteiger partial charge in [-0.3, -0.25) is 4.79 Å². The maximum absolute atomic E-state index is 10.4. The molecule has 0 amide bonds. The van der Waals surface area contributed by atoms with E-state index in [0.717, 1.165) is 28.7 Å². The Labute approximate surface area is 133 Å². The van der Waals surface area contributed by atoms with Crippen molar-refractivity contribution in [3.05, 3.63) is 64.7 Å². The second kappa shape index (κ2) is 8.69. The van der Waals surface area contributed by atoms with E-state index in [1.807, 2.05) is 63.2 Å². The Balaban J connectivity index is 0.000000224. The van der Waals surface area contributed by atoms with Crippen LogP contribution in [0.4, 0.5) is 0 Å². The average molecular weight is 294 g/mol. The van der Waals surface area contributed by atoms with Crippen LogP contribution in [0.3, 0.4) is 0 Å². The highest BCUT2D eigenvalue weighted by Gasteiger charge is 2.01. The van der Waals surface area contributed by atoms with Gasteiger partial charge in [0.05, 0.1) is 7.11 Å². The molecule has 0 aromatic heterocycles. The second-order valence-corrected chi connectivity index (χ2v) is 5.07. The summed E-state index contributed by atoms with van der Waals surface area (Å²) in [5.41, 5.74) is 4.17. The van der Waals surface area contributed by atoms with Crippen LogP contribution in [0.2, 0.25) is 0 Å². The number of aldehydes is 1. The number of hydrogen-bond acceptors (Lipinski definition) is 2. The third-order valence-electron chi connectivity index (χ3n) is 3.62. The van der Waals surface area contributed by atoms with E-state index in [2.05, 4.69) is 5.92 Å². The van der Waals surface area contributed by atoms with E-state index in [0.29, 0.717) is 0 Å². The smallest absolute Gasteiger partial charge is 0.150 e. The van der Waals surface area contributed by atoms with Crippen LogP contribution in [0.15, 0.2) is 42.5 Å². The van der Waals surface area contributed by atoms with E-state index in [1.54, 1.807) is 7.11 Å². The molecular formula is C20H22O2. The number of hydrogen-bond donors (Lipinski definition) is 0. The van der Waals surface area contributed by atoms with Gasteiger partial charge in [-0.1, -0.05) is 36.3 Å². The van der Waals surface area contributed by atoms with Crippen LogP contribution in [0.1, 0.15) is 39.9 Å². The molecule has 114 valence electrons. The fraction of sp³-hybridized carbons (Fsp3) is 0.250. The summed E-state index contributed by atoms with van der Waals surface area (Å²) >= 11 is 0. The molecule has 0 saturated heterocycles. The molecule has 0 saturated carbocycles. The molecule has 0 heterocycles. The highest BCUT2D eigenvalue weighted by molar-refractivity contribution is 5.77. The molecule has 2 nitrogen and oxygen atoms in total. The zero-order chi connectivity index (χ0) is 16.5. The molecule has 2 aromatic rings. The first-order valence-corrected chi connectivity index (χ1v) is 7.15. The molecular weight excluding hydrogens is 272 g/mol. The topological polar surface area (TPSA) is 26.3 Å². The Hall–Kier alpha value is -2.53. The predicted octanol–water partition coefficient (Wildman–Crippen LogP) is 4.55. The van der Waals surface area contributed by atoms with Crippen molar-refractivity contribution in [2.45, 2.75) is 26.7 Å². The monoisotopic (exact) mass is 294 g/mol. The molecule has 1 atom stereocenters. The highest BCUT2D eigenvalue weighted by atomic mass is 16.5. The van der Waals surface area contributed by atoms with Crippen LogP contribution in [0.5, 0.6) is 5.75 Å². The number of rotatable bonds is 3. The SMILES string of the molecule is C#CC(C)c1cccc(OC)c1.Cc1cccc(C=O)c1C. The summed E-state index contributed by atoms with van der Waals surface area (Å²) in [7, 11) is 1.65. The summed E-state index contributed by atoms with van der Waals surface area (Å²) in [4.78, 5) is 10.4. The van der Waals surface area contributed by atoms with Crippen molar-refractivity contribution in [1.29, 1.82) is 0 Å². The molecule has 0 aliphatic carbocycles. The van der Waals surface area contributed by atoms with Crippen molar-refractivity contribution >= 4 is 6.29 Å². The third-order valence-corrected chi connectivity index (χ3v) is 3.62. The van der Waals surface area contributed by atoms with Crippen LogP contribution < -0.4 is 4.74 Å². The molecule has 0 N–H and O–H groups in total. The number of carbonyl (C=O) groups excluding carboxylic acids is 1. The van der Waals surface area contributed by atoms with E-state index in [1.165, 1.54) is 5.56 Å². The number of ether oxygens (including phenoxy) is 1. The lowest BCUT2D eigenvalue weighted by Crippen LogP contribution is -1.90. The van der Waals surface area contributed by atoms with Crippen molar-refractivity contribution in [1.82, 2.24) is 0 Å². The Kier molecular flexibility index (Phi) is 6.92. The van der Waals surface area contributed by atoms with E-state index >= 15 is 0 Å². The van der Waals surface area contributed by atoms with Gasteiger partial charge < -0.3 is 4.74 Å². The zero-order valence-corrected chi connectivity index (χ0v) is 13.6. The van der Waals surface area contributed by atoms with Crippen LogP contribution >= 0.6 is 0 Å². The summed E-state index contributed by atoms with van der Waals surface area (Å²) in [6.07, 6.45) is 6.20. The predicted molar refractivity (Wildman–Crippen MR) is 91.5 cm³/mol. The number of terminal acetylenes is 1. The number of carbonyl (C=O) groups is 1. The molecule has 2 aromatic carbocycles. The summed E-state index contributed by atoms with van der Waals surface area (Å²) in [6.45, 7) is 5.95. The highest BCUT2D eigenvalue weighted by Crippen LogP contribution is 2.19. The number of benzene rings is 2. The van der Waals surface area contributed by atoms with E-state index in [-0.39, 0.29) is 5.92 Å². The van der Waals surface area contributed by atoms with Gasteiger partial charge in [-0.15, -0.1) is 6.42 Å². The minimum absolute atomic E-state index is 0.153. The normalized spacial score (nSPS) is 10.7. The Morgan fingerprint density at radius 2 is 1.86 bits per heavy atom. The van der Waals surface area contributed by atoms with Gasteiger partial charge in [0.1, 0.15) is 12.0 Å².